The number of aryl methyl sites for hydroxylation is 1. The number of hydrogen-bond acceptors (Lipinski definition) is 5. The standard InChI is InChI=1S/C24H23N3O2S2/c1-14(2)17-11-7-8-12-18(17)25-19(28)13-30-24-26-22(29)21-20(15(3)31-23(21)27-24)16-9-5-4-6-10-16/h4-12,14H,13H2,1-3H3,(H,25,28)(H,26,27,29). The first-order valence-electron chi connectivity index (χ1n) is 10.0. The van der Waals surface area contributed by atoms with E-state index in [0.29, 0.717) is 21.3 Å². The van der Waals surface area contributed by atoms with Gasteiger partial charge < -0.3 is 10.3 Å². The van der Waals surface area contributed by atoms with E-state index in [4.69, 9.17) is 0 Å². The number of para-hydroxylation sites is 1. The zero-order valence-corrected chi connectivity index (χ0v) is 19.2. The Morgan fingerprint density at radius 3 is 2.58 bits per heavy atom. The van der Waals surface area contributed by atoms with Crippen LogP contribution in [0.2, 0.25) is 0 Å². The quantitative estimate of drug-likeness (QED) is 0.288. The summed E-state index contributed by atoms with van der Waals surface area (Å²) >= 11 is 2.73. The van der Waals surface area contributed by atoms with Crippen LogP contribution in [0.15, 0.2) is 64.5 Å². The number of nitrogens with zero attached hydrogens (tertiary/aromatic N) is 1. The Hall–Kier alpha value is -2.90. The third kappa shape index (κ3) is 4.57. The van der Waals surface area contributed by atoms with Crippen molar-refractivity contribution in [2.75, 3.05) is 11.1 Å². The molecule has 31 heavy (non-hydrogen) atoms. The molecular weight excluding hydrogens is 426 g/mol. The third-order valence-corrected chi connectivity index (χ3v) is 6.85. The lowest BCUT2D eigenvalue weighted by atomic mass is 10.0. The Balaban J connectivity index is 1.54. The summed E-state index contributed by atoms with van der Waals surface area (Å²) in [5.74, 6) is 0.343. The Labute approximate surface area is 188 Å². The lowest BCUT2D eigenvalue weighted by Gasteiger charge is -2.13. The summed E-state index contributed by atoms with van der Waals surface area (Å²) in [7, 11) is 0. The molecule has 0 aliphatic carbocycles. The molecule has 2 aromatic carbocycles. The largest absolute Gasteiger partial charge is 0.325 e. The number of fused-ring (bicyclic) bond motifs is 1. The van der Waals surface area contributed by atoms with Crippen LogP contribution in [0.1, 0.15) is 30.2 Å². The molecule has 2 aromatic heterocycles. The molecule has 158 valence electrons. The van der Waals surface area contributed by atoms with Gasteiger partial charge in [-0.3, -0.25) is 9.59 Å². The van der Waals surface area contributed by atoms with Crippen LogP contribution in [0.3, 0.4) is 0 Å². The number of carbonyl (C=O) groups excluding carboxylic acids is 1. The van der Waals surface area contributed by atoms with Gasteiger partial charge >= 0.3 is 0 Å². The minimum atomic E-state index is -0.179. The molecule has 0 unspecified atom stereocenters. The number of anilines is 1. The summed E-state index contributed by atoms with van der Waals surface area (Å²) in [4.78, 5) is 34.6. The van der Waals surface area contributed by atoms with Crippen LogP contribution in [0.5, 0.6) is 0 Å². The average molecular weight is 450 g/mol. The molecule has 0 aliphatic heterocycles. The second kappa shape index (κ2) is 9.08. The lowest BCUT2D eigenvalue weighted by Crippen LogP contribution is -2.16. The van der Waals surface area contributed by atoms with Crippen LogP contribution >= 0.6 is 23.1 Å². The van der Waals surface area contributed by atoms with Crippen molar-refractivity contribution in [1.29, 1.82) is 0 Å². The fraction of sp³-hybridized carbons (Fsp3) is 0.208. The molecule has 0 fully saturated rings. The van der Waals surface area contributed by atoms with Gasteiger partial charge in [0.05, 0.1) is 11.1 Å². The Morgan fingerprint density at radius 2 is 1.84 bits per heavy atom. The van der Waals surface area contributed by atoms with Gasteiger partial charge in [0.15, 0.2) is 5.16 Å². The third-order valence-electron chi connectivity index (χ3n) is 4.98. The van der Waals surface area contributed by atoms with Gasteiger partial charge in [-0.05, 0) is 30.0 Å². The first-order chi connectivity index (χ1) is 14.9. The minimum Gasteiger partial charge on any atom is -0.325 e. The molecule has 0 spiro atoms. The first-order valence-corrected chi connectivity index (χ1v) is 11.8. The second-order valence-electron chi connectivity index (χ2n) is 7.53. The highest BCUT2D eigenvalue weighted by Gasteiger charge is 2.17. The fourth-order valence-corrected chi connectivity index (χ4v) is 5.32. The highest BCUT2D eigenvalue weighted by atomic mass is 32.2. The monoisotopic (exact) mass is 449 g/mol. The van der Waals surface area contributed by atoms with Gasteiger partial charge in [0.25, 0.3) is 5.56 Å². The van der Waals surface area contributed by atoms with Gasteiger partial charge in [0, 0.05) is 16.1 Å². The summed E-state index contributed by atoms with van der Waals surface area (Å²) in [5.41, 5.74) is 3.66. The minimum absolute atomic E-state index is 0.131. The number of carbonyl (C=O) groups is 1. The number of rotatable bonds is 6. The van der Waals surface area contributed by atoms with Crippen molar-refractivity contribution in [3.05, 3.63) is 75.4 Å². The van der Waals surface area contributed by atoms with Crippen LogP contribution in [0.25, 0.3) is 21.3 Å². The molecule has 2 N–H and O–H groups in total. The fourth-order valence-electron chi connectivity index (χ4n) is 3.55. The molecule has 0 radical (unpaired) electrons. The smallest absolute Gasteiger partial charge is 0.260 e. The van der Waals surface area contributed by atoms with E-state index in [0.717, 1.165) is 27.3 Å². The van der Waals surface area contributed by atoms with Crippen molar-refractivity contribution in [3.8, 4) is 11.1 Å². The van der Waals surface area contributed by atoms with Gasteiger partial charge in [-0.15, -0.1) is 11.3 Å². The zero-order chi connectivity index (χ0) is 22.0. The number of benzene rings is 2. The van der Waals surface area contributed by atoms with Crippen molar-refractivity contribution in [2.24, 2.45) is 0 Å². The van der Waals surface area contributed by atoms with Gasteiger partial charge in [0.1, 0.15) is 4.83 Å². The Bertz CT molecular complexity index is 1290. The maximum absolute atomic E-state index is 12.9. The highest BCUT2D eigenvalue weighted by molar-refractivity contribution is 7.99. The van der Waals surface area contributed by atoms with E-state index < -0.39 is 0 Å². The van der Waals surface area contributed by atoms with E-state index in [1.54, 1.807) is 0 Å². The van der Waals surface area contributed by atoms with Crippen LogP contribution < -0.4 is 10.9 Å². The van der Waals surface area contributed by atoms with Crippen molar-refractivity contribution >= 4 is 44.9 Å². The van der Waals surface area contributed by atoms with E-state index in [9.17, 15) is 9.59 Å². The predicted molar refractivity (Wildman–Crippen MR) is 130 cm³/mol. The highest BCUT2D eigenvalue weighted by Crippen LogP contribution is 2.35. The number of hydrogen-bond donors (Lipinski definition) is 2. The van der Waals surface area contributed by atoms with Crippen molar-refractivity contribution in [1.82, 2.24) is 9.97 Å². The number of thiophene rings is 1. The zero-order valence-electron chi connectivity index (χ0n) is 17.6. The van der Waals surface area contributed by atoms with Crippen molar-refractivity contribution in [2.45, 2.75) is 31.8 Å². The van der Waals surface area contributed by atoms with Gasteiger partial charge in [0.2, 0.25) is 5.91 Å². The summed E-state index contributed by atoms with van der Waals surface area (Å²) < 4.78 is 0. The number of thioether (sulfide) groups is 1. The second-order valence-corrected chi connectivity index (χ2v) is 9.70. The molecule has 4 aromatic rings. The van der Waals surface area contributed by atoms with Gasteiger partial charge in [-0.25, -0.2) is 4.98 Å². The van der Waals surface area contributed by atoms with Gasteiger partial charge in [-0.2, -0.15) is 0 Å². The lowest BCUT2D eigenvalue weighted by molar-refractivity contribution is -0.113. The number of amides is 1. The molecular formula is C24H23N3O2S2. The molecule has 7 heteroatoms. The molecule has 4 rings (SSSR count). The van der Waals surface area contributed by atoms with Crippen molar-refractivity contribution < 1.29 is 4.79 Å². The maximum atomic E-state index is 12.9. The Morgan fingerprint density at radius 1 is 1.13 bits per heavy atom. The summed E-state index contributed by atoms with van der Waals surface area (Å²) in [6, 6.07) is 17.7. The number of H-pyrrole nitrogens is 1. The maximum Gasteiger partial charge on any atom is 0.260 e. The number of aromatic amines is 1. The van der Waals surface area contributed by atoms with Crippen LogP contribution in [0, 0.1) is 6.92 Å². The van der Waals surface area contributed by atoms with Crippen molar-refractivity contribution in [3.63, 3.8) is 0 Å². The molecule has 0 atom stereocenters. The average Bonchev–Trinajstić information content (AvgIpc) is 3.09. The Kier molecular flexibility index (Phi) is 6.25. The topological polar surface area (TPSA) is 74.8 Å². The molecule has 5 nitrogen and oxygen atoms in total. The molecule has 0 bridgehead atoms. The van der Waals surface area contributed by atoms with Crippen LogP contribution in [0.4, 0.5) is 5.69 Å². The van der Waals surface area contributed by atoms with Crippen LogP contribution in [-0.4, -0.2) is 21.6 Å². The number of aromatic nitrogens is 2. The first kappa shape index (κ1) is 21.3. The SMILES string of the molecule is Cc1sc2nc(SCC(=O)Nc3ccccc3C(C)C)[nH]c(=O)c2c1-c1ccccc1. The molecule has 0 aliphatic rings. The number of nitrogens with one attached hydrogen (secondary N) is 2. The van der Waals surface area contributed by atoms with Gasteiger partial charge in [-0.1, -0.05) is 74.1 Å². The van der Waals surface area contributed by atoms with E-state index >= 15 is 0 Å². The summed E-state index contributed by atoms with van der Waals surface area (Å²) in [6.07, 6.45) is 0. The summed E-state index contributed by atoms with van der Waals surface area (Å²) in [5, 5.41) is 4.03. The molecule has 0 saturated carbocycles. The van der Waals surface area contributed by atoms with E-state index in [2.05, 4.69) is 29.1 Å². The van der Waals surface area contributed by atoms with Crippen LogP contribution in [-0.2, 0) is 4.79 Å². The normalized spacial score (nSPS) is 11.2. The molecule has 1 amide bonds. The van der Waals surface area contributed by atoms with E-state index in [1.807, 2.05) is 61.5 Å². The molecule has 2 heterocycles. The summed E-state index contributed by atoms with van der Waals surface area (Å²) in [6.45, 7) is 6.19. The molecule has 0 saturated heterocycles. The van der Waals surface area contributed by atoms with E-state index in [1.165, 1.54) is 23.1 Å². The van der Waals surface area contributed by atoms with E-state index in [-0.39, 0.29) is 17.2 Å². The predicted octanol–water partition coefficient (Wildman–Crippen LogP) is 5.81.